The fourth-order valence-electron chi connectivity index (χ4n) is 1.77. The molecule has 18 heavy (non-hydrogen) atoms. The SMILES string of the molecule is C=CCN(CCO)Cc1ccc(CNCCC)s1. The smallest absolute Gasteiger partial charge is 0.0558 e. The van der Waals surface area contributed by atoms with Crippen LogP contribution in [0.15, 0.2) is 24.8 Å². The highest BCUT2D eigenvalue weighted by atomic mass is 32.1. The number of hydrogen-bond donors (Lipinski definition) is 2. The van der Waals surface area contributed by atoms with E-state index in [2.05, 4.69) is 35.9 Å². The zero-order valence-electron chi connectivity index (χ0n) is 11.2. The number of nitrogens with one attached hydrogen (secondary N) is 1. The molecule has 4 heteroatoms. The van der Waals surface area contributed by atoms with Gasteiger partial charge < -0.3 is 10.4 Å². The van der Waals surface area contributed by atoms with Crippen LogP contribution in [0.1, 0.15) is 23.1 Å². The molecule has 0 aliphatic rings. The summed E-state index contributed by atoms with van der Waals surface area (Å²) in [6.45, 7) is 10.6. The predicted molar refractivity (Wildman–Crippen MR) is 78.9 cm³/mol. The van der Waals surface area contributed by atoms with Crippen molar-refractivity contribution in [2.45, 2.75) is 26.4 Å². The Labute approximate surface area is 114 Å². The van der Waals surface area contributed by atoms with Crippen LogP contribution < -0.4 is 5.32 Å². The molecule has 0 amide bonds. The van der Waals surface area contributed by atoms with Gasteiger partial charge in [0.15, 0.2) is 0 Å². The summed E-state index contributed by atoms with van der Waals surface area (Å²) >= 11 is 1.84. The monoisotopic (exact) mass is 268 g/mol. The van der Waals surface area contributed by atoms with E-state index in [1.807, 2.05) is 17.4 Å². The van der Waals surface area contributed by atoms with E-state index in [1.54, 1.807) is 0 Å². The van der Waals surface area contributed by atoms with Crippen LogP contribution in [0.5, 0.6) is 0 Å². The molecule has 3 nitrogen and oxygen atoms in total. The third-order valence-corrected chi connectivity index (χ3v) is 3.70. The van der Waals surface area contributed by atoms with Crippen LogP contribution in [0, 0.1) is 0 Å². The molecule has 0 fully saturated rings. The van der Waals surface area contributed by atoms with E-state index < -0.39 is 0 Å². The summed E-state index contributed by atoms with van der Waals surface area (Å²) in [5, 5.41) is 12.4. The maximum Gasteiger partial charge on any atom is 0.0558 e. The van der Waals surface area contributed by atoms with Gasteiger partial charge in [0.05, 0.1) is 6.61 Å². The topological polar surface area (TPSA) is 35.5 Å². The van der Waals surface area contributed by atoms with Crippen molar-refractivity contribution in [2.24, 2.45) is 0 Å². The Morgan fingerprint density at radius 2 is 2.22 bits per heavy atom. The largest absolute Gasteiger partial charge is 0.395 e. The van der Waals surface area contributed by atoms with Gasteiger partial charge >= 0.3 is 0 Å². The molecule has 0 radical (unpaired) electrons. The minimum Gasteiger partial charge on any atom is -0.395 e. The number of hydrogen-bond acceptors (Lipinski definition) is 4. The molecule has 0 bridgehead atoms. The Hall–Kier alpha value is -0.680. The Morgan fingerprint density at radius 1 is 1.44 bits per heavy atom. The Kier molecular flexibility index (Phi) is 7.93. The number of thiophene rings is 1. The van der Waals surface area contributed by atoms with Crippen LogP contribution in [0.4, 0.5) is 0 Å². The van der Waals surface area contributed by atoms with Gasteiger partial charge in [0.2, 0.25) is 0 Å². The second kappa shape index (κ2) is 9.28. The van der Waals surface area contributed by atoms with Gasteiger partial charge in [0.25, 0.3) is 0 Å². The van der Waals surface area contributed by atoms with Gasteiger partial charge in [0.1, 0.15) is 0 Å². The lowest BCUT2D eigenvalue weighted by molar-refractivity contribution is 0.204. The first kappa shape index (κ1) is 15.4. The van der Waals surface area contributed by atoms with Crippen molar-refractivity contribution in [1.29, 1.82) is 0 Å². The van der Waals surface area contributed by atoms with E-state index >= 15 is 0 Å². The molecule has 1 heterocycles. The maximum atomic E-state index is 9.01. The van der Waals surface area contributed by atoms with Crippen LogP contribution in [0.25, 0.3) is 0 Å². The van der Waals surface area contributed by atoms with Crippen molar-refractivity contribution in [3.63, 3.8) is 0 Å². The lowest BCUT2D eigenvalue weighted by Gasteiger charge is -2.18. The maximum absolute atomic E-state index is 9.01. The highest BCUT2D eigenvalue weighted by molar-refractivity contribution is 7.11. The van der Waals surface area contributed by atoms with Crippen LogP contribution in [0.2, 0.25) is 0 Å². The van der Waals surface area contributed by atoms with Gasteiger partial charge in [-0.1, -0.05) is 13.0 Å². The molecular weight excluding hydrogens is 244 g/mol. The van der Waals surface area contributed by atoms with E-state index in [1.165, 1.54) is 16.2 Å². The Balaban J connectivity index is 2.43. The molecule has 2 N–H and O–H groups in total. The summed E-state index contributed by atoms with van der Waals surface area (Å²) < 4.78 is 0. The van der Waals surface area contributed by atoms with Crippen molar-refractivity contribution in [3.8, 4) is 0 Å². The molecule has 0 aliphatic heterocycles. The molecule has 1 aromatic rings. The molecular formula is C14H24N2OS. The summed E-state index contributed by atoms with van der Waals surface area (Å²) in [5.41, 5.74) is 0. The summed E-state index contributed by atoms with van der Waals surface area (Å²) in [4.78, 5) is 4.92. The Morgan fingerprint density at radius 3 is 2.89 bits per heavy atom. The second-order valence-corrected chi connectivity index (χ2v) is 5.55. The summed E-state index contributed by atoms with van der Waals surface area (Å²) in [6.07, 6.45) is 3.05. The van der Waals surface area contributed by atoms with Crippen molar-refractivity contribution in [2.75, 3.05) is 26.2 Å². The van der Waals surface area contributed by atoms with Crippen molar-refractivity contribution >= 4 is 11.3 Å². The predicted octanol–water partition coefficient (Wildman–Crippen LogP) is 2.23. The van der Waals surface area contributed by atoms with E-state index in [0.717, 1.165) is 26.2 Å². The average Bonchev–Trinajstić information content (AvgIpc) is 2.78. The van der Waals surface area contributed by atoms with Gasteiger partial charge in [0, 0.05) is 35.9 Å². The standard InChI is InChI=1S/C14H24N2OS/c1-3-7-15-11-13-5-6-14(18-13)12-16(8-4-2)9-10-17/h4-6,15,17H,2-3,7-12H2,1H3. The lowest BCUT2D eigenvalue weighted by Crippen LogP contribution is -2.26. The van der Waals surface area contributed by atoms with Crippen molar-refractivity contribution in [3.05, 3.63) is 34.5 Å². The van der Waals surface area contributed by atoms with Crippen LogP contribution in [0.3, 0.4) is 0 Å². The van der Waals surface area contributed by atoms with Gasteiger partial charge in [-0.05, 0) is 25.1 Å². The Bertz CT molecular complexity index is 338. The van der Waals surface area contributed by atoms with Crippen LogP contribution in [-0.2, 0) is 13.1 Å². The average molecular weight is 268 g/mol. The lowest BCUT2D eigenvalue weighted by atomic mass is 10.3. The van der Waals surface area contributed by atoms with Crippen molar-refractivity contribution < 1.29 is 5.11 Å². The number of aliphatic hydroxyl groups is 1. The zero-order valence-corrected chi connectivity index (χ0v) is 12.0. The van der Waals surface area contributed by atoms with E-state index in [-0.39, 0.29) is 6.61 Å². The van der Waals surface area contributed by atoms with Gasteiger partial charge in [-0.3, -0.25) is 4.90 Å². The molecule has 0 saturated carbocycles. The van der Waals surface area contributed by atoms with Gasteiger partial charge in [-0.15, -0.1) is 17.9 Å². The summed E-state index contributed by atoms with van der Waals surface area (Å²) in [6, 6.07) is 4.37. The fourth-order valence-corrected chi connectivity index (χ4v) is 2.80. The van der Waals surface area contributed by atoms with Gasteiger partial charge in [-0.2, -0.15) is 0 Å². The van der Waals surface area contributed by atoms with Crippen LogP contribution >= 0.6 is 11.3 Å². The molecule has 0 spiro atoms. The third kappa shape index (κ3) is 5.78. The van der Waals surface area contributed by atoms with Crippen molar-refractivity contribution in [1.82, 2.24) is 10.2 Å². The minimum absolute atomic E-state index is 0.199. The van der Waals surface area contributed by atoms with Gasteiger partial charge in [-0.25, -0.2) is 0 Å². The molecule has 0 saturated heterocycles. The summed E-state index contributed by atoms with van der Waals surface area (Å²) in [5.74, 6) is 0. The number of aliphatic hydroxyl groups excluding tert-OH is 1. The molecule has 102 valence electrons. The molecule has 0 aliphatic carbocycles. The highest BCUT2D eigenvalue weighted by Gasteiger charge is 2.06. The molecule has 1 rings (SSSR count). The number of rotatable bonds is 10. The third-order valence-electron chi connectivity index (χ3n) is 2.63. The second-order valence-electron chi connectivity index (χ2n) is 4.29. The molecule has 1 aromatic heterocycles. The first-order valence-corrected chi connectivity index (χ1v) is 7.34. The van der Waals surface area contributed by atoms with E-state index in [0.29, 0.717) is 6.54 Å². The normalized spacial score (nSPS) is 11.1. The molecule has 0 unspecified atom stereocenters. The fraction of sp³-hybridized carbons (Fsp3) is 0.571. The van der Waals surface area contributed by atoms with E-state index in [9.17, 15) is 0 Å². The first-order chi connectivity index (χ1) is 8.80. The first-order valence-electron chi connectivity index (χ1n) is 6.52. The molecule has 0 atom stereocenters. The molecule has 0 aromatic carbocycles. The quantitative estimate of drug-likeness (QED) is 0.504. The highest BCUT2D eigenvalue weighted by Crippen LogP contribution is 2.18. The summed E-state index contributed by atoms with van der Waals surface area (Å²) in [7, 11) is 0. The zero-order chi connectivity index (χ0) is 13.2. The van der Waals surface area contributed by atoms with Crippen LogP contribution in [-0.4, -0.2) is 36.2 Å². The minimum atomic E-state index is 0.199. The van der Waals surface area contributed by atoms with E-state index in [4.69, 9.17) is 5.11 Å². The number of nitrogens with zero attached hydrogens (tertiary/aromatic N) is 1.